The van der Waals surface area contributed by atoms with Gasteiger partial charge in [0, 0.05) is 17.4 Å². The molecule has 6 nitrogen and oxygen atoms in total. The number of carbonyl (C=O) groups excluding carboxylic acids is 1. The van der Waals surface area contributed by atoms with E-state index >= 15 is 0 Å². The van der Waals surface area contributed by atoms with Crippen LogP contribution in [0.2, 0.25) is 5.02 Å². The molecular weight excluding hydrogens is 398 g/mol. The lowest BCUT2D eigenvalue weighted by Gasteiger charge is -2.22. The highest BCUT2D eigenvalue weighted by molar-refractivity contribution is 7.16. The Kier molecular flexibility index (Phi) is 5.11. The number of nitrogens with one attached hydrogen (secondary N) is 1. The van der Waals surface area contributed by atoms with Crippen molar-refractivity contribution in [1.82, 2.24) is 4.98 Å². The van der Waals surface area contributed by atoms with Crippen molar-refractivity contribution in [3.05, 3.63) is 63.5 Å². The van der Waals surface area contributed by atoms with E-state index < -0.39 is 0 Å². The number of anilines is 2. The SMILES string of the molecule is COc1cc([C@@H]2CC(=O)Nc3nc(N)sc32)ccc1OCc1cccc(Cl)c1. The van der Waals surface area contributed by atoms with Gasteiger partial charge in [-0.1, -0.05) is 41.1 Å². The quantitative estimate of drug-likeness (QED) is 0.643. The fourth-order valence-electron chi connectivity index (χ4n) is 3.21. The second kappa shape index (κ2) is 7.69. The van der Waals surface area contributed by atoms with Gasteiger partial charge in [0.25, 0.3) is 0 Å². The summed E-state index contributed by atoms with van der Waals surface area (Å²) in [5.74, 6) is 1.57. The molecule has 1 amide bonds. The number of ether oxygens (including phenoxy) is 2. The molecule has 1 aromatic heterocycles. The van der Waals surface area contributed by atoms with Crippen molar-refractivity contribution in [2.24, 2.45) is 0 Å². The van der Waals surface area contributed by atoms with Crippen LogP contribution in [0.25, 0.3) is 0 Å². The summed E-state index contributed by atoms with van der Waals surface area (Å²) in [5.41, 5.74) is 7.75. The van der Waals surface area contributed by atoms with E-state index in [-0.39, 0.29) is 11.8 Å². The first-order chi connectivity index (χ1) is 13.5. The Morgan fingerprint density at radius 2 is 2.14 bits per heavy atom. The minimum Gasteiger partial charge on any atom is -0.493 e. The van der Waals surface area contributed by atoms with Gasteiger partial charge in [0.05, 0.1) is 12.0 Å². The first-order valence-corrected chi connectivity index (χ1v) is 9.84. The smallest absolute Gasteiger partial charge is 0.226 e. The van der Waals surface area contributed by atoms with E-state index in [0.717, 1.165) is 16.0 Å². The van der Waals surface area contributed by atoms with Crippen molar-refractivity contribution in [2.75, 3.05) is 18.2 Å². The molecule has 0 bridgehead atoms. The molecule has 28 heavy (non-hydrogen) atoms. The normalized spacial score (nSPS) is 15.6. The lowest BCUT2D eigenvalue weighted by Crippen LogP contribution is -2.22. The second-order valence-corrected chi connectivity index (χ2v) is 7.90. The minimum absolute atomic E-state index is 0.0805. The number of nitrogen functional groups attached to an aromatic ring is 1. The first-order valence-electron chi connectivity index (χ1n) is 8.64. The molecule has 4 rings (SSSR count). The zero-order valence-corrected chi connectivity index (χ0v) is 16.6. The average Bonchev–Trinajstić information content (AvgIpc) is 3.05. The summed E-state index contributed by atoms with van der Waals surface area (Å²) in [4.78, 5) is 17.2. The molecule has 0 fully saturated rings. The van der Waals surface area contributed by atoms with Gasteiger partial charge in [0.2, 0.25) is 5.91 Å². The van der Waals surface area contributed by atoms with Gasteiger partial charge in [0.15, 0.2) is 16.6 Å². The topological polar surface area (TPSA) is 86.5 Å². The third-order valence-corrected chi connectivity index (χ3v) is 5.74. The third-order valence-electron chi connectivity index (χ3n) is 4.51. The third kappa shape index (κ3) is 3.76. The molecule has 0 unspecified atom stereocenters. The Bertz CT molecular complexity index is 1040. The Morgan fingerprint density at radius 1 is 1.29 bits per heavy atom. The number of hydrogen-bond acceptors (Lipinski definition) is 6. The summed E-state index contributed by atoms with van der Waals surface area (Å²) in [7, 11) is 1.59. The number of carbonyl (C=O) groups is 1. The fraction of sp³-hybridized carbons (Fsp3) is 0.200. The maximum atomic E-state index is 12.1. The van der Waals surface area contributed by atoms with E-state index in [1.54, 1.807) is 7.11 Å². The molecule has 2 heterocycles. The van der Waals surface area contributed by atoms with Crippen LogP contribution in [0.5, 0.6) is 11.5 Å². The van der Waals surface area contributed by atoms with Gasteiger partial charge in [-0.05, 0) is 35.4 Å². The minimum atomic E-state index is -0.116. The standard InChI is InChI=1S/C20H18ClN3O3S/c1-26-16-8-12(14-9-17(25)23-19-18(14)28-20(22)24-19)5-6-15(16)27-10-11-3-2-4-13(21)7-11/h2-8,14H,9-10H2,1H3,(H2,22,24)(H,23,25)/t14-/m0/s1. The second-order valence-electron chi connectivity index (χ2n) is 6.40. The lowest BCUT2D eigenvalue weighted by atomic mass is 9.91. The number of nitrogens with zero attached hydrogens (tertiary/aromatic N) is 1. The van der Waals surface area contributed by atoms with Gasteiger partial charge < -0.3 is 20.5 Å². The van der Waals surface area contributed by atoms with Crippen molar-refractivity contribution in [3.63, 3.8) is 0 Å². The van der Waals surface area contributed by atoms with E-state index in [9.17, 15) is 4.79 Å². The highest BCUT2D eigenvalue weighted by atomic mass is 35.5. The molecule has 1 aliphatic rings. The van der Waals surface area contributed by atoms with Crippen molar-refractivity contribution in [2.45, 2.75) is 18.9 Å². The van der Waals surface area contributed by atoms with E-state index in [4.69, 9.17) is 26.8 Å². The maximum Gasteiger partial charge on any atom is 0.226 e. The van der Waals surface area contributed by atoms with Crippen molar-refractivity contribution < 1.29 is 14.3 Å². The van der Waals surface area contributed by atoms with Crippen LogP contribution in [0.3, 0.4) is 0 Å². The van der Waals surface area contributed by atoms with Crippen LogP contribution in [-0.2, 0) is 11.4 Å². The number of benzene rings is 2. The van der Waals surface area contributed by atoms with Crippen LogP contribution in [-0.4, -0.2) is 18.0 Å². The molecule has 3 aromatic rings. The monoisotopic (exact) mass is 415 g/mol. The molecule has 0 radical (unpaired) electrons. The molecule has 2 aromatic carbocycles. The van der Waals surface area contributed by atoms with E-state index in [0.29, 0.717) is 40.5 Å². The zero-order valence-electron chi connectivity index (χ0n) is 15.1. The number of thiazole rings is 1. The average molecular weight is 416 g/mol. The van der Waals surface area contributed by atoms with Crippen LogP contribution >= 0.6 is 22.9 Å². The molecule has 1 atom stereocenters. The fourth-order valence-corrected chi connectivity index (χ4v) is 4.34. The molecule has 144 valence electrons. The van der Waals surface area contributed by atoms with Gasteiger partial charge in [-0.25, -0.2) is 4.98 Å². The Balaban J connectivity index is 1.59. The first kappa shape index (κ1) is 18.6. The predicted molar refractivity (Wildman–Crippen MR) is 110 cm³/mol. The van der Waals surface area contributed by atoms with Crippen molar-refractivity contribution >= 4 is 39.8 Å². The highest BCUT2D eigenvalue weighted by Crippen LogP contribution is 2.43. The summed E-state index contributed by atoms with van der Waals surface area (Å²) in [6, 6.07) is 13.2. The number of rotatable bonds is 5. The van der Waals surface area contributed by atoms with Gasteiger partial charge in [-0.15, -0.1) is 0 Å². The molecule has 3 N–H and O–H groups in total. The number of methoxy groups -OCH3 is 1. The Hall–Kier alpha value is -2.77. The van der Waals surface area contributed by atoms with Crippen molar-refractivity contribution in [3.8, 4) is 11.5 Å². The largest absolute Gasteiger partial charge is 0.493 e. The molecule has 0 saturated carbocycles. The van der Waals surface area contributed by atoms with E-state index in [1.807, 2.05) is 42.5 Å². The molecular formula is C20H18ClN3O3S. The molecule has 1 aliphatic heterocycles. The number of hydrogen-bond donors (Lipinski definition) is 2. The summed E-state index contributed by atoms with van der Waals surface area (Å²) in [6.07, 6.45) is 0.334. The maximum absolute atomic E-state index is 12.1. The molecule has 0 spiro atoms. The van der Waals surface area contributed by atoms with E-state index in [1.165, 1.54) is 11.3 Å². The predicted octanol–water partition coefficient (Wildman–Crippen LogP) is 4.44. The summed E-state index contributed by atoms with van der Waals surface area (Å²) in [6.45, 7) is 0.373. The van der Waals surface area contributed by atoms with Gasteiger partial charge in [0.1, 0.15) is 12.4 Å². The van der Waals surface area contributed by atoms with Crippen LogP contribution in [0.15, 0.2) is 42.5 Å². The lowest BCUT2D eigenvalue weighted by molar-refractivity contribution is -0.116. The van der Waals surface area contributed by atoms with Crippen LogP contribution in [0.1, 0.15) is 28.3 Å². The highest BCUT2D eigenvalue weighted by Gasteiger charge is 2.30. The summed E-state index contributed by atoms with van der Waals surface area (Å²) in [5, 5.41) is 3.88. The number of aromatic nitrogens is 1. The Morgan fingerprint density at radius 3 is 2.93 bits per heavy atom. The molecule has 0 aliphatic carbocycles. The van der Waals surface area contributed by atoms with E-state index in [2.05, 4.69) is 10.3 Å². The van der Waals surface area contributed by atoms with Crippen LogP contribution in [0, 0.1) is 0 Å². The van der Waals surface area contributed by atoms with Gasteiger partial charge in [-0.3, -0.25) is 4.79 Å². The zero-order chi connectivity index (χ0) is 19.7. The molecule has 8 heteroatoms. The number of nitrogens with two attached hydrogens (primary N) is 1. The van der Waals surface area contributed by atoms with Gasteiger partial charge in [-0.2, -0.15) is 0 Å². The van der Waals surface area contributed by atoms with Gasteiger partial charge >= 0.3 is 0 Å². The summed E-state index contributed by atoms with van der Waals surface area (Å²) < 4.78 is 11.4. The van der Waals surface area contributed by atoms with Crippen LogP contribution in [0.4, 0.5) is 10.9 Å². The number of halogens is 1. The number of fused-ring (bicyclic) bond motifs is 1. The molecule has 0 saturated heterocycles. The van der Waals surface area contributed by atoms with Crippen molar-refractivity contribution in [1.29, 1.82) is 0 Å². The number of amides is 1. The van der Waals surface area contributed by atoms with Crippen LogP contribution < -0.4 is 20.5 Å². The Labute approximate surface area is 171 Å². The summed E-state index contributed by atoms with van der Waals surface area (Å²) >= 11 is 7.41.